The zero-order valence-electron chi connectivity index (χ0n) is 14.5. The van der Waals surface area contributed by atoms with Gasteiger partial charge in [-0.2, -0.15) is 0 Å². The molecular formula is C23H28. The molecule has 0 radical (unpaired) electrons. The van der Waals surface area contributed by atoms with Gasteiger partial charge in [0, 0.05) is 0 Å². The second kappa shape index (κ2) is 7.22. The van der Waals surface area contributed by atoms with Gasteiger partial charge in [-0.25, -0.2) is 0 Å². The molecule has 0 heteroatoms. The molecule has 3 rings (SSSR count). The standard InChI is InChI=1S/C23H28/c1-4-5-8-17(2)9-6-10-19-11-7-12-20-16-21-15-18(3)13-14-22(21)23(19)20/h1,5,8-9,13-15,19-20,23H,6-7,10-12,16H2,2-3H3/b8-5-,17-9-/t19-,20+,23+/m1/s1. The first kappa shape index (κ1) is 16.1. The second-order valence-electron chi connectivity index (χ2n) is 7.41. The molecule has 3 atom stereocenters. The summed E-state index contributed by atoms with van der Waals surface area (Å²) in [5, 5.41) is 0. The smallest absolute Gasteiger partial charge is 0.00993 e. The maximum Gasteiger partial charge on any atom is -0.00993 e. The highest BCUT2D eigenvalue weighted by Gasteiger charge is 2.39. The number of hydrogen-bond donors (Lipinski definition) is 0. The lowest BCUT2D eigenvalue weighted by atomic mass is 9.70. The minimum Gasteiger partial charge on any atom is -0.115 e. The molecule has 1 aromatic carbocycles. The molecule has 0 spiro atoms. The van der Waals surface area contributed by atoms with E-state index < -0.39 is 0 Å². The van der Waals surface area contributed by atoms with Crippen LogP contribution < -0.4 is 0 Å². The highest BCUT2D eigenvalue weighted by molar-refractivity contribution is 5.40. The van der Waals surface area contributed by atoms with Gasteiger partial charge in [-0.3, -0.25) is 0 Å². The molecule has 0 heterocycles. The molecule has 2 aliphatic rings. The van der Waals surface area contributed by atoms with E-state index in [9.17, 15) is 0 Å². The Kier molecular flexibility index (Phi) is 5.06. The monoisotopic (exact) mass is 304 g/mol. The van der Waals surface area contributed by atoms with Gasteiger partial charge in [0.25, 0.3) is 0 Å². The lowest BCUT2D eigenvalue weighted by molar-refractivity contribution is 0.225. The quantitative estimate of drug-likeness (QED) is 0.475. The maximum atomic E-state index is 5.27. The normalized spacial score (nSPS) is 26.8. The van der Waals surface area contributed by atoms with Gasteiger partial charge in [-0.15, -0.1) is 6.42 Å². The predicted molar refractivity (Wildman–Crippen MR) is 99.4 cm³/mol. The Bertz CT molecular complexity index is 653. The van der Waals surface area contributed by atoms with Crippen molar-refractivity contribution < 1.29 is 0 Å². The lowest BCUT2D eigenvalue weighted by Crippen LogP contribution is -2.23. The number of benzene rings is 1. The molecular weight excluding hydrogens is 276 g/mol. The number of fused-ring (bicyclic) bond motifs is 3. The van der Waals surface area contributed by atoms with E-state index in [2.05, 4.69) is 44.0 Å². The van der Waals surface area contributed by atoms with E-state index in [4.69, 9.17) is 6.42 Å². The van der Waals surface area contributed by atoms with Crippen LogP contribution >= 0.6 is 0 Å². The van der Waals surface area contributed by atoms with Crippen LogP contribution in [0.15, 0.2) is 42.0 Å². The van der Waals surface area contributed by atoms with Crippen LogP contribution in [0.5, 0.6) is 0 Å². The Labute approximate surface area is 141 Å². The van der Waals surface area contributed by atoms with Crippen molar-refractivity contribution in [2.75, 3.05) is 0 Å². The summed E-state index contributed by atoms with van der Waals surface area (Å²) in [4.78, 5) is 0. The van der Waals surface area contributed by atoms with E-state index >= 15 is 0 Å². The Balaban J connectivity index is 1.69. The van der Waals surface area contributed by atoms with Crippen molar-refractivity contribution in [3.05, 3.63) is 58.7 Å². The first-order valence-electron chi connectivity index (χ1n) is 9.08. The third-order valence-corrected chi connectivity index (χ3v) is 5.75. The number of aryl methyl sites for hydroxylation is 1. The molecule has 0 nitrogen and oxygen atoms in total. The van der Waals surface area contributed by atoms with Crippen LogP contribution in [0.2, 0.25) is 0 Å². The Hall–Kier alpha value is -1.74. The van der Waals surface area contributed by atoms with Crippen LogP contribution in [0.3, 0.4) is 0 Å². The summed E-state index contributed by atoms with van der Waals surface area (Å²) in [6, 6.07) is 7.16. The van der Waals surface area contributed by atoms with E-state index in [1.807, 2.05) is 6.08 Å². The van der Waals surface area contributed by atoms with E-state index in [-0.39, 0.29) is 0 Å². The predicted octanol–water partition coefficient (Wildman–Crippen LogP) is 5.97. The fourth-order valence-electron chi connectivity index (χ4n) is 4.74. The Morgan fingerprint density at radius 3 is 3.04 bits per heavy atom. The van der Waals surface area contributed by atoms with Gasteiger partial charge in [-0.1, -0.05) is 53.8 Å². The number of allylic oxidation sites excluding steroid dienone is 4. The summed E-state index contributed by atoms with van der Waals surface area (Å²) in [6.07, 6.45) is 19.5. The van der Waals surface area contributed by atoms with Gasteiger partial charge in [0.05, 0.1) is 0 Å². The largest absolute Gasteiger partial charge is 0.115 e. The van der Waals surface area contributed by atoms with Crippen molar-refractivity contribution >= 4 is 0 Å². The van der Waals surface area contributed by atoms with E-state index in [1.165, 1.54) is 49.7 Å². The molecule has 1 fully saturated rings. The zero-order chi connectivity index (χ0) is 16.2. The third-order valence-electron chi connectivity index (χ3n) is 5.75. The van der Waals surface area contributed by atoms with E-state index in [0.717, 1.165) is 17.8 Å². The van der Waals surface area contributed by atoms with Gasteiger partial charge >= 0.3 is 0 Å². The molecule has 1 aromatic rings. The van der Waals surface area contributed by atoms with Crippen LogP contribution in [0, 0.1) is 31.1 Å². The molecule has 0 aromatic heterocycles. The summed E-state index contributed by atoms with van der Waals surface area (Å²) in [7, 11) is 0. The fraction of sp³-hybridized carbons (Fsp3) is 0.478. The average molecular weight is 304 g/mol. The van der Waals surface area contributed by atoms with Crippen LogP contribution in [0.1, 0.15) is 61.6 Å². The minimum atomic E-state index is 0.814. The summed E-state index contributed by atoms with van der Waals surface area (Å²) < 4.78 is 0. The minimum absolute atomic E-state index is 0.814. The highest BCUT2D eigenvalue weighted by atomic mass is 14.4. The van der Waals surface area contributed by atoms with Crippen molar-refractivity contribution in [2.24, 2.45) is 11.8 Å². The topological polar surface area (TPSA) is 0 Å². The Morgan fingerprint density at radius 1 is 1.35 bits per heavy atom. The molecule has 0 bridgehead atoms. The molecule has 1 saturated carbocycles. The number of hydrogen-bond acceptors (Lipinski definition) is 0. The van der Waals surface area contributed by atoms with Crippen molar-refractivity contribution in [1.29, 1.82) is 0 Å². The molecule has 0 amide bonds. The first-order chi connectivity index (χ1) is 11.2. The zero-order valence-corrected chi connectivity index (χ0v) is 14.5. The SMILES string of the molecule is C#C/C=C\C(C)=C/CC[C@@H]1CCC[C@H]2Cc3cc(C)ccc3[C@@H]12. The summed E-state index contributed by atoms with van der Waals surface area (Å²) >= 11 is 0. The maximum absolute atomic E-state index is 5.27. The molecule has 23 heavy (non-hydrogen) atoms. The third kappa shape index (κ3) is 3.61. The van der Waals surface area contributed by atoms with Crippen LogP contribution in [-0.4, -0.2) is 0 Å². The summed E-state index contributed by atoms with van der Waals surface area (Å²) in [5.41, 5.74) is 6.00. The van der Waals surface area contributed by atoms with Crippen molar-refractivity contribution in [3.63, 3.8) is 0 Å². The number of rotatable bonds is 4. The molecule has 0 saturated heterocycles. The summed E-state index contributed by atoms with van der Waals surface area (Å²) in [5.74, 6) is 5.14. The number of terminal acetylenes is 1. The van der Waals surface area contributed by atoms with E-state index in [1.54, 1.807) is 17.2 Å². The lowest BCUT2D eigenvalue weighted by Gasteiger charge is -2.34. The van der Waals surface area contributed by atoms with Crippen molar-refractivity contribution in [3.8, 4) is 12.3 Å². The van der Waals surface area contributed by atoms with Crippen LogP contribution in [-0.2, 0) is 6.42 Å². The molecule has 0 unspecified atom stereocenters. The van der Waals surface area contributed by atoms with Crippen molar-refractivity contribution in [2.45, 2.75) is 58.3 Å². The van der Waals surface area contributed by atoms with Crippen LogP contribution in [0.25, 0.3) is 0 Å². The second-order valence-corrected chi connectivity index (χ2v) is 7.41. The van der Waals surface area contributed by atoms with Crippen molar-refractivity contribution in [1.82, 2.24) is 0 Å². The Morgan fingerprint density at radius 2 is 2.22 bits per heavy atom. The first-order valence-corrected chi connectivity index (χ1v) is 9.08. The molecule has 0 N–H and O–H groups in total. The molecule has 120 valence electrons. The van der Waals surface area contributed by atoms with Gasteiger partial charge < -0.3 is 0 Å². The van der Waals surface area contributed by atoms with Gasteiger partial charge in [0.15, 0.2) is 0 Å². The summed E-state index contributed by atoms with van der Waals surface area (Å²) in [6.45, 7) is 4.36. The fourth-order valence-corrected chi connectivity index (χ4v) is 4.74. The highest BCUT2D eigenvalue weighted by Crippen LogP contribution is 2.51. The molecule has 2 aliphatic carbocycles. The van der Waals surface area contributed by atoms with E-state index in [0.29, 0.717) is 0 Å². The van der Waals surface area contributed by atoms with Gasteiger partial charge in [0.1, 0.15) is 0 Å². The average Bonchev–Trinajstić information content (AvgIpc) is 2.91. The van der Waals surface area contributed by atoms with Gasteiger partial charge in [-0.05, 0) is 80.9 Å². The van der Waals surface area contributed by atoms with Gasteiger partial charge in [0.2, 0.25) is 0 Å². The molecule has 0 aliphatic heterocycles. The van der Waals surface area contributed by atoms with Crippen LogP contribution in [0.4, 0.5) is 0 Å².